The molecule has 5 nitrogen and oxygen atoms in total. The molecule has 7 heteroatoms. The maximum Gasteiger partial charge on any atom is 0.251 e. The number of hydrogen-bond donors (Lipinski definition) is 2. The van der Waals surface area contributed by atoms with Crippen LogP contribution in [0.2, 0.25) is 0 Å². The van der Waals surface area contributed by atoms with Gasteiger partial charge in [0.2, 0.25) is 5.91 Å². The van der Waals surface area contributed by atoms with E-state index in [4.69, 9.17) is 16.9 Å². The molecule has 22 heavy (non-hydrogen) atoms. The van der Waals surface area contributed by atoms with E-state index in [1.54, 1.807) is 31.2 Å². The summed E-state index contributed by atoms with van der Waals surface area (Å²) in [6.45, 7) is 1.58. The van der Waals surface area contributed by atoms with Gasteiger partial charge in [-0.1, -0.05) is 12.1 Å². The lowest BCUT2D eigenvalue weighted by Gasteiger charge is -2.18. The third kappa shape index (κ3) is 5.58. The predicted octanol–water partition coefficient (Wildman–Crippen LogP) is 1.92. The summed E-state index contributed by atoms with van der Waals surface area (Å²) < 4.78 is 0. The van der Waals surface area contributed by atoms with Crippen LogP contribution in [-0.4, -0.2) is 35.9 Å². The predicted molar refractivity (Wildman–Crippen MR) is 88.9 cm³/mol. The average molecular weight is 340 g/mol. The normalized spacial score (nSPS) is 12.8. The van der Waals surface area contributed by atoms with Crippen molar-refractivity contribution in [1.82, 2.24) is 10.6 Å². The molecule has 0 bridgehead atoms. The number of halogens is 1. The standard InChI is InChI=1S/C15H18ClN3O2S/c1-10(8-17)18-15(21)13(9-22-2)19-14(20)12-5-3-11(7-16)4-6-12/h3-6,10,13H,7,9H2,1-2H3,(H,18,21)(H,19,20). The molecule has 1 rings (SSSR count). The number of carbonyl (C=O) groups excluding carboxylic acids is 2. The summed E-state index contributed by atoms with van der Waals surface area (Å²) in [5.41, 5.74) is 1.38. The molecule has 2 N–H and O–H groups in total. The Balaban J connectivity index is 2.74. The maximum atomic E-state index is 12.2. The second-order valence-corrected chi connectivity index (χ2v) is 5.85. The Morgan fingerprint density at radius 2 is 1.95 bits per heavy atom. The van der Waals surface area contributed by atoms with Gasteiger partial charge >= 0.3 is 0 Å². The zero-order valence-electron chi connectivity index (χ0n) is 12.4. The van der Waals surface area contributed by atoms with Gasteiger partial charge in [-0.05, 0) is 30.9 Å². The van der Waals surface area contributed by atoms with Crippen LogP contribution >= 0.6 is 23.4 Å². The Bertz CT molecular complexity index is 557. The lowest BCUT2D eigenvalue weighted by Crippen LogP contribution is -2.50. The van der Waals surface area contributed by atoms with Crippen LogP contribution in [0.15, 0.2) is 24.3 Å². The molecule has 1 aromatic carbocycles. The summed E-state index contributed by atoms with van der Waals surface area (Å²) in [5, 5.41) is 14.0. The van der Waals surface area contributed by atoms with E-state index in [0.29, 0.717) is 17.2 Å². The van der Waals surface area contributed by atoms with Gasteiger partial charge in [-0.25, -0.2) is 0 Å². The van der Waals surface area contributed by atoms with Crippen molar-refractivity contribution in [3.8, 4) is 6.07 Å². The highest BCUT2D eigenvalue weighted by Crippen LogP contribution is 2.08. The Kier molecular flexibility index (Phi) is 7.78. The molecule has 2 amide bonds. The van der Waals surface area contributed by atoms with E-state index in [2.05, 4.69) is 10.6 Å². The minimum Gasteiger partial charge on any atom is -0.339 e. The third-order valence-electron chi connectivity index (χ3n) is 2.88. The lowest BCUT2D eigenvalue weighted by atomic mass is 10.1. The fraction of sp³-hybridized carbons (Fsp3) is 0.400. The number of benzene rings is 1. The van der Waals surface area contributed by atoms with Gasteiger partial charge in [-0.15, -0.1) is 11.6 Å². The van der Waals surface area contributed by atoms with E-state index in [1.165, 1.54) is 11.8 Å². The summed E-state index contributed by atoms with van der Waals surface area (Å²) in [6, 6.07) is 7.50. The van der Waals surface area contributed by atoms with Gasteiger partial charge in [0, 0.05) is 17.2 Å². The average Bonchev–Trinajstić information content (AvgIpc) is 2.54. The Labute approximate surface area is 139 Å². The van der Waals surface area contributed by atoms with Gasteiger partial charge in [-0.2, -0.15) is 17.0 Å². The number of nitriles is 1. The Hall–Kier alpha value is -1.71. The molecule has 0 saturated carbocycles. The maximum absolute atomic E-state index is 12.2. The van der Waals surface area contributed by atoms with Crippen LogP contribution in [0.1, 0.15) is 22.8 Å². The molecule has 0 fully saturated rings. The summed E-state index contributed by atoms with van der Waals surface area (Å²) in [4.78, 5) is 24.3. The lowest BCUT2D eigenvalue weighted by molar-refractivity contribution is -0.122. The fourth-order valence-electron chi connectivity index (χ4n) is 1.68. The van der Waals surface area contributed by atoms with Crippen molar-refractivity contribution in [2.24, 2.45) is 0 Å². The zero-order valence-corrected chi connectivity index (χ0v) is 14.0. The third-order valence-corrected chi connectivity index (χ3v) is 3.85. The van der Waals surface area contributed by atoms with Crippen molar-refractivity contribution >= 4 is 35.2 Å². The Morgan fingerprint density at radius 3 is 2.45 bits per heavy atom. The van der Waals surface area contributed by atoms with E-state index >= 15 is 0 Å². The summed E-state index contributed by atoms with van der Waals surface area (Å²) in [5.74, 6) is 0.107. The van der Waals surface area contributed by atoms with Gasteiger partial charge < -0.3 is 10.6 Å². The molecule has 1 aromatic rings. The molecular formula is C15H18ClN3O2S. The fourth-order valence-corrected chi connectivity index (χ4v) is 2.43. The van der Waals surface area contributed by atoms with E-state index in [9.17, 15) is 9.59 Å². The summed E-state index contributed by atoms with van der Waals surface area (Å²) in [6.07, 6.45) is 1.84. The topological polar surface area (TPSA) is 82.0 Å². The van der Waals surface area contributed by atoms with Crippen LogP contribution in [0.25, 0.3) is 0 Å². The van der Waals surface area contributed by atoms with Crippen molar-refractivity contribution in [2.75, 3.05) is 12.0 Å². The van der Waals surface area contributed by atoms with Gasteiger partial charge in [-0.3, -0.25) is 9.59 Å². The van der Waals surface area contributed by atoms with Gasteiger partial charge in [0.05, 0.1) is 6.07 Å². The second kappa shape index (κ2) is 9.34. The van der Waals surface area contributed by atoms with Crippen LogP contribution in [0.5, 0.6) is 0 Å². The van der Waals surface area contributed by atoms with Crippen LogP contribution in [0.3, 0.4) is 0 Å². The van der Waals surface area contributed by atoms with Crippen LogP contribution in [0.4, 0.5) is 0 Å². The number of nitrogens with one attached hydrogen (secondary N) is 2. The van der Waals surface area contributed by atoms with Gasteiger partial charge in [0.15, 0.2) is 0 Å². The molecule has 0 saturated heterocycles. The van der Waals surface area contributed by atoms with Gasteiger partial charge in [0.1, 0.15) is 12.1 Å². The summed E-state index contributed by atoms with van der Waals surface area (Å²) in [7, 11) is 0. The largest absolute Gasteiger partial charge is 0.339 e. The van der Waals surface area contributed by atoms with E-state index < -0.39 is 12.1 Å². The van der Waals surface area contributed by atoms with Crippen LogP contribution in [0, 0.1) is 11.3 Å². The number of nitrogens with zero attached hydrogens (tertiary/aromatic N) is 1. The summed E-state index contributed by atoms with van der Waals surface area (Å²) >= 11 is 7.15. The van der Waals surface area contributed by atoms with Crippen LogP contribution < -0.4 is 10.6 Å². The quantitative estimate of drug-likeness (QED) is 0.743. The highest BCUT2D eigenvalue weighted by atomic mass is 35.5. The van der Waals surface area contributed by atoms with Crippen molar-refractivity contribution in [3.05, 3.63) is 35.4 Å². The number of amides is 2. The number of hydrogen-bond acceptors (Lipinski definition) is 4. The molecule has 0 heterocycles. The van der Waals surface area contributed by atoms with Crippen molar-refractivity contribution in [1.29, 1.82) is 5.26 Å². The highest BCUT2D eigenvalue weighted by molar-refractivity contribution is 7.98. The van der Waals surface area contributed by atoms with Crippen molar-refractivity contribution in [2.45, 2.75) is 24.9 Å². The first kappa shape index (κ1) is 18.3. The SMILES string of the molecule is CSCC(NC(=O)c1ccc(CCl)cc1)C(=O)NC(C)C#N. The van der Waals surface area contributed by atoms with E-state index in [0.717, 1.165) is 5.56 Å². The number of thioether (sulfide) groups is 1. The van der Waals surface area contributed by atoms with E-state index in [1.807, 2.05) is 12.3 Å². The second-order valence-electron chi connectivity index (χ2n) is 4.67. The molecule has 2 unspecified atom stereocenters. The number of rotatable bonds is 7. The van der Waals surface area contributed by atoms with Crippen molar-refractivity contribution < 1.29 is 9.59 Å². The highest BCUT2D eigenvalue weighted by Gasteiger charge is 2.22. The minimum atomic E-state index is -0.689. The van der Waals surface area contributed by atoms with Gasteiger partial charge in [0.25, 0.3) is 5.91 Å². The Morgan fingerprint density at radius 1 is 1.32 bits per heavy atom. The molecule has 0 spiro atoms. The first-order chi connectivity index (χ1) is 10.5. The first-order valence-corrected chi connectivity index (χ1v) is 8.59. The molecular weight excluding hydrogens is 322 g/mol. The number of alkyl halides is 1. The molecule has 0 aliphatic carbocycles. The smallest absolute Gasteiger partial charge is 0.251 e. The van der Waals surface area contributed by atoms with Crippen molar-refractivity contribution in [3.63, 3.8) is 0 Å². The molecule has 118 valence electrons. The monoisotopic (exact) mass is 339 g/mol. The number of carbonyl (C=O) groups is 2. The molecule has 2 atom stereocenters. The minimum absolute atomic E-state index is 0.333. The zero-order chi connectivity index (χ0) is 16.5. The first-order valence-electron chi connectivity index (χ1n) is 6.66. The molecule has 0 aliphatic heterocycles. The van der Waals surface area contributed by atoms with Crippen LogP contribution in [-0.2, 0) is 10.7 Å². The molecule has 0 aromatic heterocycles. The molecule has 0 aliphatic rings. The molecule has 0 radical (unpaired) electrons. The van der Waals surface area contributed by atoms with E-state index in [-0.39, 0.29) is 11.8 Å².